The van der Waals surface area contributed by atoms with Crippen molar-refractivity contribution in [3.63, 3.8) is 0 Å². The van der Waals surface area contributed by atoms with Gasteiger partial charge in [-0.05, 0) is 23.8 Å². The van der Waals surface area contributed by atoms with Crippen LogP contribution in [0, 0.1) is 5.82 Å². The minimum atomic E-state index is -0.477. The molecule has 0 aliphatic carbocycles. The first-order chi connectivity index (χ1) is 11.1. The second-order valence-corrected chi connectivity index (χ2v) is 5.28. The molecule has 0 aliphatic rings. The summed E-state index contributed by atoms with van der Waals surface area (Å²) < 4.78 is 20.6. The van der Waals surface area contributed by atoms with Crippen molar-refractivity contribution in [2.75, 3.05) is 6.61 Å². The summed E-state index contributed by atoms with van der Waals surface area (Å²) in [5, 5.41) is 3.90. The lowest BCUT2D eigenvalue weighted by molar-refractivity contribution is -0.123. The van der Waals surface area contributed by atoms with E-state index < -0.39 is 5.82 Å². The van der Waals surface area contributed by atoms with Crippen LogP contribution in [0.25, 0.3) is 10.9 Å². The van der Waals surface area contributed by atoms with Crippen molar-refractivity contribution in [1.82, 2.24) is 9.88 Å². The number of amides is 1. The zero-order chi connectivity index (χ0) is 16.2. The van der Waals surface area contributed by atoms with Gasteiger partial charge in [0.1, 0.15) is 0 Å². The van der Waals surface area contributed by atoms with E-state index in [2.05, 4.69) is 5.32 Å². The van der Waals surface area contributed by atoms with Crippen LogP contribution in [0.4, 0.5) is 4.39 Å². The van der Waals surface area contributed by atoms with Gasteiger partial charge in [-0.3, -0.25) is 4.79 Å². The smallest absolute Gasteiger partial charge is 0.258 e. The van der Waals surface area contributed by atoms with Gasteiger partial charge in [-0.15, -0.1) is 0 Å². The quantitative estimate of drug-likeness (QED) is 0.787. The zero-order valence-electron chi connectivity index (χ0n) is 12.8. The minimum Gasteiger partial charge on any atom is -0.481 e. The van der Waals surface area contributed by atoms with Crippen molar-refractivity contribution in [3.8, 4) is 5.75 Å². The summed E-state index contributed by atoms with van der Waals surface area (Å²) in [6, 6.07) is 14.0. The maximum Gasteiger partial charge on any atom is 0.258 e. The Morgan fingerprint density at radius 3 is 2.74 bits per heavy atom. The second-order valence-electron chi connectivity index (χ2n) is 5.28. The van der Waals surface area contributed by atoms with Crippen molar-refractivity contribution in [2.24, 2.45) is 7.05 Å². The maximum absolute atomic E-state index is 13.4. The number of hydrogen-bond acceptors (Lipinski definition) is 2. The van der Waals surface area contributed by atoms with E-state index in [4.69, 9.17) is 4.74 Å². The van der Waals surface area contributed by atoms with Crippen LogP contribution in [0.3, 0.4) is 0 Å². The molecule has 0 saturated carbocycles. The molecule has 5 heteroatoms. The molecule has 0 saturated heterocycles. The van der Waals surface area contributed by atoms with Gasteiger partial charge in [0.25, 0.3) is 5.91 Å². The van der Waals surface area contributed by atoms with E-state index in [0.717, 1.165) is 16.5 Å². The van der Waals surface area contributed by atoms with Crippen LogP contribution in [-0.4, -0.2) is 17.1 Å². The second kappa shape index (κ2) is 6.52. The van der Waals surface area contributed by atoms with Gasteiger partial charge >= 0.3 is 0 Å². The normalized spacial score (nSPS) is 10.7. The fraction of sp³-hybridized carbons (Fsp3) is 0.167. The predicted octanol–water partition coefficient (Wildman–Crippen LogP) is 3.01. The van der Waals surface area contributed by atoms with Crippen LogP contribution in [0.15, 0.2) is 54.7 Å². The summed E-state index contributed by atoms with van der Waals surface area (Å²) in [5.41, 5.74) is 2.14. The third-order valence-corrected chi connectivity index (χ3v) is 3.65. The van der Waals surface area contributed by atoms with Crippen LogP contribution in [-0.2, 0) is 18.4 Å². The molecule has 3 aromatic rings. The minimum absolute atomic E-state index is 0.0767. The summed E-state index contributed by atoms with van der Waals surface area (Å²) in [6.07, 6.45) is 1.99. The summed E-state index contributed by atoms with van der Waals surface area (Å²) in [6.45, 7) is 0.187. The number of aromatic nitrogens is 1. The number of fused-ring (bicyclic) bond motifs is 1. The molecule has 2 aromatic carbocycles. The number of hydrogen-bond donors (Lipinski definition) is 1. The Morgan fingerprint density at radius 1 is 1.17 bits per heavy atom. The van der Waals surface area contributed by atoms with E-state index in [1.807, 2.05) is 42.1 Å². The molecule has 118 valence electrons. The van der Waals surface area contributed by atoms with Crippen molar-refractivity contribution < 1.29 is 13.9 Å². The highest BCUT2D eigenvalue weighted by Gasteiger charge is 2.09. The van der Waals surface area contributed by atoms with Gasteiger partial charge in [0.2, 0.25) is 0 Å². The molecule has 1 amide bonds. The monoisotopic (exact) mass is 312 g/mol. The lowest BCUT2D eigenvalue weighted by atomic mass is 10.2. The number of nitrogens with one attached hydrogen (secondary N) is 1. The highest BCUT2D eigenvalue weighted by Crippen LogP contribution is 2.20. The zero-order valence-corrected chi connectivity index (χ0v) is 12.8. The molecule has 4 nitrogen and oxygen atoms in total. The van der Waals surface area contributed by atoms with E-state index in [9.17, 15) is 9.18 Å². The van der Waals surface area contributed by atoms with Crippen molar-refractivity contribution in [2.45, 2.75) is 6.54 Å². The lowest BCUT2D eigenvalue weighted by Gasteiger charge is -2.07. The molecule has 3 rings (SSSR count). The largest absolute Gasteiger partial charge is 0.481 e. The van der Waals surface area contributed by atoms with Gasteiger partial charge in [-0.1, -0.05) is 30.3 Å². The number of halogens is 1. The summed E-state index contributed by atoms with van der Waals surface area (Å²) in [4.78, 5) is 11.9. The Morgan fingerprint density at radius 2 is 1.91 bits per heavy atom. The topological polar surface area (TPSA) is 43.3 Å². The summed E-state index contributed by atoms with van der Waals surface area (Å²) in [7, 11) is 1.97. The van der Waals surface area contributed by atoms with Crippen molar-refractivity contribution in [3.05, 3.63) is 66.1 Å². The molecule has 0 aliphatic heterocycles. The highest BCUT2D eigenvalue weighted by molar-refractivity contribution is 5.84. The SMILES string of the molecule is Cn1cc(CNC(=O)COc2ccccc2F)c2ccccc21. The molecular formula is C18H17FN2O2. The molecular weight excluding hydrogens is 295 g/mol. The Bertz CT molecular complexity index is 842. The van der Waals surface area contributed by atoms with E-state index in [-0.39, 0.29) is 18.3 Å². The van der Waals surface area contributed by atoms with Crippen LogP contribution >= 0.6 is 0 Å². The van der Waals surface area contributed by atoms with Gasteiger partial charge in [0.05, 0.1) is 0 Å². The molecule has 0 radical (unpaired) electrons. The number of ether oxygens (including phenoxy) is 1. The molecule has 0 atom stereocenters. The average Bonchev–Trinajstić information content (AvgIpc) is 2.89. The first-order valence-electron chi connectivity index (χ1n) is 7.32. The molecule has 1 N–H and O–H groups in total. The third kappa shape index (κ3) is 3.34. The number of carbonyl (C=O) groups excluding carboxylic acids is 1. The molecule has 0 unspecified atom stereocenters. The van der Waals surface area contributed by atoms with Gasteiger partial charge in [0.15, 0.2) is 18.2 Å². The number of carbonyl (C=O) groups is 1. The maximum atomic E-state index is 13.4. The van der Waals surface area contributed by atoms with Gasteiger partial charge in [-0.25, -0.2) is 4.39 Å². The van der Waals surface area contributed by atoms with E-state index in [1.54, 1.807) is 12.1 Å². The molecule has 0 bridgehead atoms. The Hall–Kier alpha value is -2.82. The van der Waals surface area contributed by atoms with Crippen LogP contribution in [0.2, 0.25) is 0 Å². The number of nitrogens with zero attached hydrogens (tertiary/aromatic N) is 1. The van der Waals surface area contributed by atoms with Crippen molar-refractivity contribution in [1.29, 1.82) is 0 Å². The fourth-order valence-corrected chi connectivity index (χ4v) is 2.52. The molecule has 1 aromatic heterocycles. The first-order valence-corrected chi connectivity index (χ1v) is 7.32. The van der Waals surface area contributed by atoms with E-state index >= 15 is 0 Å². The van der Waals surface area contributed by atoms with Gasteiger partial charge < -0.3 is 14.6 Å². The predicted molar refractivity (Wildman–Crippen MR) is 86.7 cm³/mol. The molecule has 0 fully saturated rings. The molecule has 1 heterocycles. The van der Waals surface area contributed by atoms with Gasteiger partial charge in [0, 0.05) is 30.7 Å². The van der Waals surface area contributed by atoms with Crippen LogP contribution in [0.1, 0.15) is 5.56 Å². The van der Waals surface area contributed by atoms with Crippen LogP contribution in [0.5, 0.6) is 5.75 Å². The number of para-hydroxylation sites is 2. The molecule has 0 spiro atoms. The van der Waals surface area contributed by atoms with Crippen molar-refractivity contribution >= 4 is 16.8 Å². The first kappa shape index (κ1) is 15.1. The summed E-state index contributed by atoms with van der Waals surface area (Å²) in [5.74, 6) is -0.691. The number of aryl methyl sites for hydroxylation is 1. The highest BCUT2D eigenvalue weighted by atomic mass is 19.1. The standard InChI is InChI=1S/C18H17FN2O2/c1-21-11-13(14-6-2-4-8-16(14)21)10-20-18(22)12-23-17-9-5-3-7-15(17)19/h2-9,11H,10,12H2,1H3,(H,20,22). The number of rotatable bonds is 5. The average molecular weight is 312 g/mol. The van der Waals surface area contributed by atoms with Gasteiger partial charge in [-0.2, -0.15) is 0 Å². The third-order valence-electron chi connectivity index (χ3n) is 3.65. The fourth-order valence-electron chi connectivity index (χ4n) is 2.52. The van der Waals surface area contributed by atoms with E-state index in [0.29, 0.717) is 6.54 Å². The Balaban J connectivity index is 1.59. The summed E-state index contributed by atoms with van der Waals surface area (Å²) >= 11 is 0. The van der Waals surface area contributed by atoms with E-state index in [1.165, 1.54) is 12.1 Å². The lowest BCUT2D eigenvalue weighted by Crippen LogP contribution is -2.28. The number of benzene rings is 2. The Labute approximate surface area is 133 Å². The molecule has 23 heavy (non-hydrogen) atoms. The van der Waals surface area contributed by atoms with Crippen LogP contribution < -0.4 is 10.1 Å². The Kier molecular flexibility index (Phi) is 4.28.